The molecule has 0 spiro atoms. The Hall–Kier alpha value is -1.58. The summed E-state index contributed by atoms with van der Waals surface area (Å²) >= 11 is 5.83. The molecule has 0 amide bonds. The first-order chi connectivity index (χ1) is 9.58. The van der Waals surface area contributed by atoms with Crippen molar-refractivity contribution in [3.8, 4) is 5.75 Å². The highest BCUT2D eigenvalue weighted by Gasteiger charge is 2.06. The molecule has 4 heteroatoms. The second-order valence-electron chi connectivity index (χ2n) is 4.65. The van der Waals surface area contributed by atoms with Gasteiger partial charge in [-0.05, 0) is 48.4 Å². The van der Waals surface area contributed by atoms with Crippen molar-refractivity contribution in [3.05, 3.63) is 64.4 Å². The van der Waals surface area contributed by atoms with Gasteiger partial charge in [-0.2, -0.15) is 0 Å². The summed E-state index contributed by atoms with van der Waals surface area (Å²) < 4.78 is 18.4. The molecule has 2 rings (SSSR count). The second kappa shape index (κ2) is 6.73. The van der Waals surface area contributed by atoms with E-state index < -0.39 is 0 Å². The summed E-state index contributed by atoms with van der Waals surface area (Å²) in [5.74, 6) is 0.518. The molecular formula is C16H17ClFNO. The molecule has 0 radical (unpaired) electrons. The number of hydrogen-bond acceptors (Lipinski definition) is 2. The van der Waals surface area contributed by atoms with E-state index in [1.807, 2.05) is 24.3 Å². The smallest absolute Gasteiger partial charge is 0.125 e. The monoisotopic (exact) mass is 293 g/mol. The average Bonchev–Trinajstić information content (AvgIpc) is 2.44. The molecular weight excluding hydrogens is 277 g/mol. The van der Waals surface area contributed by atoms with Crippen molar-refractivity contribution in [2.75, 3.05) is 7.11 Å². The molecule has 0 fully saturated rings. The molecule has 0 saturated carbocycles. The Morgan fingerprint density at radius 2 is 1.90 bits per heavy atom. The molecule has 0 bridgehead atoms. The van der Waals surface area contributed by atoms with Gasteiger partial charge in [0.1, 0.15) is 11.6 Å². The van der Waals surface area contributed by atoms with Gasteiger partial charge in [-0.15, -0.1) is 0 Å². The maximum Gasteiger partial charge on any atom is 0.125 e. The Morgan fingerprint density at radius 3 is 2.50 bits per heavy atom. The molecule has 106 valence electrons. The fourth-order valence-electron chi connectivity index (χ4n) is 1.99. The van der Waals surface area contributed by atoms with Crippen molar-refractivity contribution < 1.29 is 9.13 Å². The highest BCUT2D eigenvalue weighted by atomic mass is 35.5. The normalized spacial score (nSPS) is 12.2. The maximum atomic E-state index is 13.2. The molecule has 2 aromatic rings. The van der Waals surface area contributed by atoms with Crippen molar-refractivity contribution in [2.45, 2.75) is 19.5 Å². The van der Waals surface area contributed by atoms with Gasteiger partial charge in [-0.25, -0.2) is 4.39 Å². The van der Waals surface area contributed by atoms with Crippen LogP contribution in [0.2, 0.25) is 5.02 Å². The first-order valence-electron chi connectivity index (χ1n) is 6.41. The number of nitrogens with one attached hydrogen (secondary N) is 1. The van der Waals surface area contributed by atoms with E-state index in [1.54, 1.807) is 13.2 Å². The number of halogens is 2. The Balaban J connectivity index is 1.98. The topological polar surface area (TPSA) is 21.3 Å². The Bertz CT molecular complexity index is 551. The predicted octanol–water partition coefficient (Wildman–Crippen LogP) is 4.34. The van der Waals surface area contributed by atoms with Crippen molar-refractivity contribution in [1.82, 2.24) is 5.32 Å². The van der Waals surface area contributed by atoms with Gasteiger partial charge in [0.05, 0.1) is 7.11 Å². The van der Waals surface area contributed by atoms with Crippen LogP contribution in [0.1, 0.15) is 24.1 Å². The lowest BCUT2D eigenvalue weighted by Gasteiger charge is -2.15. The van der Waals surface area contributed by atoms with E-state index in [9.17, 15) is 4.39 Å². The van der Waals surface area contributed by atoms with E-state index in [0.717, 1.165) is 16.9 Å². The van der Waals surface area contributed by atoms with Crippen LogP contribution in [0.15, 0.2) is 42.5 Å². The molecule has 0 aromatic heterocycles. The van der Waals surface area contributed by atoms with Crippen LogP contribution < -0.4 is 10.1 Å². The first kappa shape index (κ1) is 14.8. The van der Waals surface area contributed by atoms with Gasteiger partial charge in [-0.3, -0.25) is 0 Å². The zero-order valence-electron chi connectivity index (χ0n) is 11.5. The molecule has 20 heavy (non-hydrogen) atoms. The summed E-state index contributed by atoms with van der Waals surface area (Å²) in [4.78, 5) is 0. The van der Waals surface area contributed by atoms with Crippen LogP contribution in [0, 0.1) is 5.82 Å². The van der Waals surface area contributed by atoms with Crippen LogP contribution in [-0.4, -0.2) is 7.11 Å². The lowest BCUT2D eigenvalue weighted by Crippen LogP contribution is -2.18. The SMILES string of the molecule is COc1ccc(C(C)NCc2cc(F)cc(Cl)c2)cc1. The van der Waals surface area contributed by atoms with Crippen LogP contribution >= 0.6 is 11.6 Å². The highest BCUT2D eigenvalue weighted by Crippen LogP contribution is 2.19. The minimum atomic E-state index is -0.314. The minimum Gasteiger partial charge on any atom is -0.497 e. The molecule has 0 saturated heterocycles. The summed E-state index contributed by atoms with van der Waals surface area (Å²) in [7, 11) is 1.64. The number of benzene rings is 2. The van der Waals surface area contributed by atoms with Crippen LogP contribution in [0.5, 0.6) is 5.75 Å². The zero-order valence-corrected chi connectivity index (χ0v) is 12.2. The van der Waals surface area contributed by atoms with Crippen LogP contribution in [0.25, 0.3) is 0 Å². The molecule has 0 heterocycles. The molecule has 0 aliphatic carbocycles. The van der Waals surface area contributed by atoms with Gasteiger partial charge < -0.3 is 10.1 Å². The first-order valence-corrected chi connectivity index (χ1v) is 6.78. The third-order valence-electron chi connectivity index (χ3n) is 3.15. The van der Waals surface area contributed by atoms with Gasteiger partial charge >= 0.3 is 0 Å². The van der Waals surface area contributed by atoms with E-state index in [2.05, 4.69) is 12.2 Å². The largest absolute Gasteiger partial charge is 0.497 e. The van der Waals surface area contributed by atoms with Gasteiger partial charge in [0.25, 0.3) is 0 Å². The lowest BCUT2D eigenvalue weighted by molar-refractivity contribution is 0.414. The van der Waals surface area contributed by atoms with Gasteiger partial charge in [0.15, 0.2) is 0 Å². The fourth-order valence-corrected chi connectivity index (χ4v) is 2.24. The van der Waals surface area contributed by atoms with Crippen molar-refractivity contribution in [2.24, 2.45) is 0 Å². The zero-order chi connectivity index (χ0) is 14.5. The number of ether oxygens (including phenoxy) is 1. The van der Waals surface area contributed by atoms with Gasteiger partial charge in [-0.1, -0.05) is 23.7 Å². The quantitative estimate of drug-likeness (QED) is 0.885. The Labute approximate surface area is 123 Å². The Kier molecular flexibility index (Phi) is 4.99. The van der Waals surface area contributed by atoms with Crippen LogP contribution in [0.3, 0.4) is 0 Å². The summed E-state index contributed by atoms with van der Waals surface area (Å²) in [5.41, 5.74) is 1.98. The van der Waals surface area contributed by atoms with Gasteiger partial charge in [0.2, 0.25) is 0 Å². The van der Waals surface area contributed by atoms with E-state index in [0.29, 0.717) is 11.6 Å². The van der Waals surface area contributed by atoms with Crippen LogP contribution in [-0.2, 0) is 6.54 Å². The van der Waals surface area contributed by atoms with E-state index in [4.69, 9.17) is 16.3 Å². The average molecular weight is 294 g/mol. The summed E-state index contributed by atoms with van der Waals surface area (Å²) in [6, 6.07) is 12.6. The summed E-state index contributed by atoms with van der Waals surface area (Å²) in [6.45, 7) is 2.62. The predicted molar refractivity (Wildman–Crippen MR) is 79.7 cm³/mol. The highest BCUT2D eigenvalue weighted by molar-refractivity contribution is 6.30. The fraction of sp³-hybridized carbons (Fsp3) is 0.250. The lowest BCUT2D eigenvalue weighted by atomic mass is 10.1. The third kappa shape index (κ3) is 3.95. The van der Waals surface area contributed by atoms with Crippen molar-refractivity contribution in [3.63, 3.8) is 0 Å². The molecule has 0 aliphatic rings. The van der Waals surface area contributed by atoms with E-state index in [-0.39, 0.29) is 11.9 Å². The second-order valence-corrected chi connectivity index (χ2v) is 5.09. The number of rotatable bonds is 5. The summed E-state index contributed by atoms with van der Waals surface area (Å²) in [5, 5.41) is 3.76. The van der Waals surface area contributed by atoms with E-state index in [1.165, 1.54) is 12.1 Å². The maximum absolute atomic E-state index is 13.2. The molecule has 0 aliphatic heterocycles. The van der Waals surface area contributed by atoms with Crippen molar-refractivity contribution >= 4 is 11.6 Å². The molecule has 1 N–H and O–H groups in total. The van der Waals surface area contributed by atoms with Crippen molar-refractivity contribution in [1.29, 1.82) is 0 Å². The standard InChI is InChI=1S/C16H17ClFNO/c1-11(13-3-5-16(20-2)6-4-13)19-10-12-7-14(17)9-15(18)8-12/h3-9,11,19H,10H2,1-2H3. The van der Waals surface area contributed by atoms with Gasteiger partial charge in [0, 0.05) is 17.6 Å². The number of methoxy groups -OCH3 is 1. The molecule has 2 nitrogen and oxygen atoms in total. The Morgan fingerprint density at radius 1 is 1.20 bits per heavy atom. The molecule has 1 atom stereocenters. The summed E-state index contributed by atoms with van der Waals surface area (Å²) in [6.07, 6.45) is 0. The van der Waals surface area contributed by atoms with E-state index >= 15 is 0 Å². The molecule has 2 aromatic carbocycles. The minimum absolute atomic E-state index is 0.156. The third-order valence-corrected chi connectivity index (χ3v) is 3.37. The number of hydrogen-bond donors (Lipinski definition) is 1. The van der Waals surface area contributed by atoms with Crippen LogP contribution in [0.4, 0.5) is 4.39 Å². The molecule has 1 unspecified atom stereocenters.